The van der Waals surface area contributed by atoms with Crippen LogP contribution in [0, 0.1) is 17.5 Å². The second-order valence-corrected chi connectivity index (χ2v) is 7.42. The van der Waals surface area contributed by atoms with E-state index in [1.165, 1.54) is 18.2 Å². The van der Waals surface area contributed by atoms with Gasteiger partial charge in [-0.25, -0.2) is 18.2 Å². The monoisotopic (exact) mass is 414 g/mol. The predicted octanol–water partition coefficient (Wildman–Crippen LogP) is 6.00. The summed E-state index contributed by atoms with van der Waals surface area (Å²) >= 11 is 6.19. The van der Waals surface area contributed by atoms with Gasteiger partial charge < -0.3 is 4.74 Å². The molecule has 0 amide bonds. The molecule has 0 N–H and O–H groups in total. The second kappa shape index (κ2) is 6.81. The van der Waals surface area contributed by atoms with Crippen LogP contribution in [0.15, 0.2) is 65.8 Å². The third-order valence-electron chi connectivity index (χ3n) is 5.16. The van der Waals surface area contributed by atoms with E-state index in [9.17, 15) is 13.2 Å². The highest BCUT2D eigenvalue weighted by molar-refractivity contribution is 6.30. The van der Waals surface area contributed by atoms with Crippen LogP contribution in [0.2, 0.25) is 5.02 Å². The summed E-state index contributed by atoms with van der Waals surface area (Å²) in [6.07, 6.45) is -0.190. The summed E-state index contributed by atoms with van der Waals surface area (Å²) in [5.74, 6) is -1.59. The molecule has 0 radical (unpaired) electrons. The van der Waals surface area contributed by atoms with Crippen molar-refractivity contribution in [3.63, 3.8) is 0 Å². The SMILES string of the molecule is Fc1ccc(C2=NN3[C@@H](c4ccc(F)c(F)c4)Oc4ccc(Cl)cc4[C@@H]3C2)cc1. The topological polar surface area (TPSA) is 24.8 Å². The van der Waals surface area contributed by atoms with Crippen molar-refractivity contribution in [2.75, 3.05) is 0 Å². The Balaban J connectivity index is 1.61. The molecule has 7 heteroatoms. The van der Waals surface area contributed by atoms with E-state index in [0.717, 1.165) is 29.0 Å². The van der Waals surface area contributed by atoms with Gasteiger partial charge in [0.25, 0.3) is 0 Å². The molecule has 0 aliphatic carbocycles. The van der Waals surface area contributed by atoms with Gasteiger partial charge in [-0.1, -0.05) is 29.8 Å². The van der Waals surface area contributed by atoms with Crippen LogP contribution in [0.5, 0.6) is 5.75 Å². The molecule has 146 valence electrons. The van der Waals surface area contributed by atoms with Crippen molar-refractivity contribution in [3.8, 4) is 5.75 Å². The summed E-state index contributed by atoms with van der Waals surface area (Å²) in [5, 5.41) is 6.98. The number of hydrogen-bond acceptors (Lipinski definition) is 3. The molecule has 3 nitrogen and oxygen atoms in total. The molecule has 2 heterocycles. The van der Waals surface area contributed by atoms with Crippen LogP contribution in [0.1, 0.15) is 35.4 Å². The molecule has 2 aliphatic rings. The van der Waals surface area contributed by atoms with Gasteiger partial charge in [0, 0.05) is 22.6 Å². The Morgan fingerprint density at radius 2 is 1.72 bits per heavy atom. The maximum absolute atomic E-state index is 13.9. The third kappa shape index (κ3) is 3.13. The van der Waals surface area contributed by atoms with Gasteiger partial charge in [-0.05, 0) is 48.0 Å². The van der Waals surface area contributed by atoms with Crippen LogP contribution in [0.3, 0.4) is 0 Å². The molecule has 0 bridgehead atoms. The maximum atomic E-state index is 13.9. The van der Waals surface area contributed by atoms with Crippen molar-refractivity contribution in [1.29, 1.82) is 0 Å². The van der Waals surface area contributed by atoms with Gasteiger partial charge in [-0.3, -0.25) is 0 Å². The summed E-state index contributed by atoms with van der Waals surface area (Å²) in [6, 6.07) is 14.9. The first kappa shape index (κ1) is 18.1. The number of rotatable bonds is 2. The minimum absolute atomic E-state index is 0.199. The zero-order valence-electron chi connectivity index (χ0n) is 14.9. The molecule has 0 aromatic heterocycles. The van der Waals surface area contributed by atoms with Crippen molar-refractivity contribution in [2.45, 2.75) is 18.7 Å². The first-order valence-corrected chi connectivity index (χ1v) is 9.40. The standard InChI is InChI=1S/C22H14ClF3N2O/c23-14-4-8-21-16(10-14)20-11-19(12-1-5-15(24)6-2-12)27-28(20)22(29-21)13-3-7-17(25)18(26)9-13/h1-10,20,22H,11H2/t20-,22+/m0/s1. The summed E-state index contributed by atoms with van der Waals surface area (Å²) in [7, 11) is 0. The summed E-state index contributed by atoms with van der Waals surface area (Å²) in [6.45, 7) is 0. The molecule has 3 aromatic rings. The van der Waals surface area contributed by atoms with Gasteiger partial charge in [0.2, 0.25) is 6.23 Å². The van der Waals surface area contributed by atoms with Crippen LogP contribution in [0.25, 0.3) is 0 Å². The van der Waals surface area contributed by atoms with E-state index in [2.05, 4.69) is 0 Å². The van der Waals surface area contributed by atoms with Gasteiger partial charge in [-0.2, -0.15) is 5.10 Å². The molecule has 0 unspecified atom stereocenters. The van der Waals surface area contributed by atoms with Gasteiger partial charge in [-0.15, -0.1) is 0 Å². The van der Waals surface area contributed by atoms with Crippen LogP contribution in [-0.4, -0.2) is 10.7 Å². The smallest absolute Gasteiger partial charge is 0.213 e. The van der Waals surface area contributed by atoms with E-state index in [-0.39, 0.29) is 11.9 Å². The number of ether oxygens (including phenoxy) is 1. The van der Waals surface area contributed by atoms with Gasteiger partial charge >= 0.3 is 0 Å². The molecular weight excluding hydrogens is 401 g/mol. The summed E-state index contributed by atoms with van der Waals surface area (Å²) in [4.78, 5) is 0. The number of fused-ring (bicyclic) bond motifs is 3. The average Bonchev–Trinajstić information content (AvgIpc) is 3.16. The minimum Gasteiger partial charge on any atom is -0.464 e. The Morgan fingerprint density at radius 1 is 0.931 bits per heavy atom. The van der Waals surface area contributed by atoms with Crippen LogP contribution >= 0.6 is 11.6 Å². The van der Waals surface area contributed by atoms with E-state index in [1.54, 1.807) is 29.3 Å². The fraction of sp³-hybridized carbons (Fsp3) is 0.136. The lowest BCUT2D eigenvalue weighted by Gasteiger charge is -2.38. The first-order chi connectivity index (χ1) is 14.0. The number of hydrazone groups is 1. The Labute approximate surface area is 170 Å². The Morgan fingerprint density at radius 3 is 2.48 bits per heavy atom. The predicted molar refractivity (Wildman–Crippen MR) is 103 cm³/mol. The lowest BCUT2D eigenvalue weighted by Crippen LogP contribution is -2.33. The molecule has 29 heavy (non-hydrogen) atoms. The Kier molecular flexibility index (Phi) is 4.24. The highest BCUT2D eigenvalue weighted by atomic mass is 35.5. The summed E-state index contributed by atoms with van der Waals surface area (Å²) < 4.78 is 46.7. The third-order valence-corrected chi connectivity index (χ3v) is 5.39. The lowest BCUT2D eigenvalue weighted by molar-refractivity contribution is -0.0192. The van der Waals surface area contributed by atoms with Crippen LogP contribution in [-0.2, 0) is 0 Å². The minimum atomic E-state index is -0.952. The molecule has 0 saturated carbocycles. The number of nitrogens with zero attached hydrogens (tertiary/aromatic N) is 2. The van der Waals surface area contributed by atoms with Gasteiger partial charge in [0.15, 0.2) is 11.6 Å². The Bertz CT molecular complexity index is 1130. The van der Waals surface area contributed by atoms with Crippen molar-refractivity contribution in [3.05, 3.63) is 99.8 Å². The van der Waals surface area contributed by atoms with Crippen LogP contribution in [0.4, 0.5) is 13.2 Å². The number of hydrogen-bond donors (Lipinski definition) is 0. The van der Waals surface area contributed by atoms with E-state index in [1.807, 2.05) is 6.07 Å². The quantitative estimate of drug-likeness (QED) is 0.513. The molecule has 5 rings (SSSR count). The fourth-order valence-electron chi connectivity index (χ4n) is 3.76. The molecule has 2 atom stereocenters. The lowest BCUT2D eigenvalue weighted by atomic mass is 9.96. The van der Waals surface area contributed by atoms with Crippen molar-refractivity contribution in [2.24, 2.45) is 5.10 Å². The highest BCUT2D eigenvalue weighted by Crippen LogP contribution is 2.48. The van der Waals surface area contributed by atoms with Crippen molar-refractivity contribution in [1.82, 2.24) is 5.01 Å². The normalized spacial score (nSPS) is 20.0. The molecule has 2 aliphatic heterocycles. The first-order valence-electron chi connectivity index (χ1n) is 9.02. The zero-order valence-corrected chi connectivity index (χ0v) is 15.7. The molecule has 3 aromatic carbocycles. The van der Waals surface area contributed by atoms with Gasteiger partial charge in [0.1, 0.15) is 11.6 Å². The number of benzene rings is 3. The molecule has 0 spiro atoms. The van der Waals surface area contributed by atoms with E-state index in [4.69, 9.17) is 21.4 Å². The second-order valence-electron chi connectivity index (χ2n) is 6.98. The highest BCUT2D eigenvalue weighted by Gasteiger charge is 2.41. The molecular formula is C22H14ClF3N2O. The van der Waals surface area contributed by atoms with Crippen molar-refractivity contribution < 1.29 is 17.9 Å². The van der Waals surface area contributed by atoms with E-state index >= 15 is 0 Å². The molecule has 0 saturated heterocycles. The average molecular weight is 415 g/mol. The van der Waals surface area contributed by atoms with Crippen molar-refractivity contribution >= 4 is 17.3 Å². The largest absolute Gasteiger partial charge is 0.464 e. The molecule has 0 fully saturated rings. The van der Waals surface area contributed by atoms with Gasteiger partial charge in [0.05, 0.1) is 11.8 Å². The maximum Gasteiger partial charge on any atom is 0.213 e. The Hall–Kier alpha value is -2.99. The zero-order chi connectivity index (χ0) is 20.1. The van der Waals surface area contributed by atoms with E-state index < -0.39 is 17.9 Å². The van der Waals surface area contributed by atoms with E-state index in [0.29, 0.717) is 22.8 Å². The number of halogens is 4. The summed E-state index contributed by atoms with van der Waals surface area (Å²) in [5.41, 5.74) is 2.84. The van der Waals surface area contributed by atoms with Crippen LogP contribution < -0.4 is 4.74 Å². The fourth-order valence-corrected chi connectivity index (χ4v) is 3.94.